The second kappa shape index (κ2) is 8.80. The Morgan fingerprint density at radius 2 is 2.04 bits per heavy atom. The molecule has 1 heterocycles. The van der Waals surface area contributed by atoms with E-state index in [9.17, 15) is 4.79 Å². The molecule has 0 aliphatic carbocycles. The largest absolute Gasteiger partial charge is 0.347 e. The lowest BCUT2D eigenvalue weighted by Gasteiger charge is -2.27. The van der Waals surface area contributed by atoms with Gasteiger partial charge in [-0.3, -0.25) is 19.7 Å². The molecule has 1 aromatic rings. The van der Waals surface area contributed by atoms with Crippen molar-refractivity contribution in [2.45, 2.75) is 53.0 Å². The predicted octanol–water partition coefficient (Wildman–Crippen LogP) is 4.66. The molecule has 1 N–H and O–H groups in total. The van der Waals surface area contributed by atoms with Gasteiger partial charge in [-0.05, 0) is 44.9 Å². The Kier molecular flexibility index (Phi) is 6.98. The summed E-state index contributed by atoms with van der Waals surface area (Å²) < 4.78 is 0.855. The molecule has 0 saturated carbocycles. The second-order valence-electron chi connectivity index (χ2n) is 7.53. The van der Waals surface area contributed by atoms with Crippen LogP contribution >= 0.6 is 15.9 Å². The first-order chi connectivity index (χ1) is 12.2. The van der Waals surface area contributed by atoms with Crippen molar-refractivity contribution in [3.05, 3.63) is 28.2 Å². The summed E-state index contributed by atoms with van der Waals surface area (Å²) in [5.41, 5.74) is 1.26. The van der Waals surface area contributed by atoms with Gasteiger partial charge in [-0.1, -0.05) is 36.7 Å². The molecule has 0 bridgehead atoms. The van der Waals surface area contributed by atoms with E-state index in [2.05, 4.69) is 47.0 Å². The summed E-state index contributed by atoms with van der Waals surface area (Å²) in [7, 11) is 0. The monoisotopic (exact) mass is 420 g/mol. The summed E-state index contributed by atoms with van der Waals surface area (Å²) in [5.74, 6) is 1.15. The minimum absolute atomic E-state index is 0.0774. The highest BCUT2D eigenvalue weighted by molar-refractivity contribution is 9.10. The number of aliphatic imine (C=N–C) groups is 2. The number of anilines is 1. The van der Waals surface area contributed by atoms with Gasteiger partial charge in [0.05, 0.1) is 12.0 Å². The molecule has 0 unspecified atom stereocenters. The molecule has 142 valence electrons. The summed E-state index contributed by atoms with van der Waals surface area (Å²) in [6.45, 7) is 11.9. The van der Waals surface area contributed by atoms with Crippen LogP contribution in [0.3, 0.4) is 0 Å². The highest BCUT2D eigenvalue weighted by atomic mass is 79.9. The van der Waals surface area contributed by atoms with Crippen molar-refractivity contribution in [2.24, 2.45) is 15.9 Å². The number of carbonyl (C=O) groups is 1. The Morgan fingerprint density at radius 1 is 1.31 bits per heavy atom. The molecule has 2 rings (SSSR count). The average Bonchev–Trinajstić information content (AvgIpc) is 2.53. The number of nitrogens with zero attached hydrogens (tertiary/aromatic N) is 3. The van der Waals surface area contributed by atoms with Crippen LogP contribution in [-0.2, 0) is 0 Å². The first-order valence-electron chi connectivity index (χ1n) is 9.20. The number of halogens is 1. The van der Waals surface area contributed by atoms with E-state index < -0.39 is 0 Å². The summed E-state index contributed by atoms with van der Waals surface area (Å²) in [6.07, 6.45) is 3.65. The molecule has 1 aliphatic heterocycles. The Bertz CT molecular complexity index is 710. The number of rotatable bonds is 5. The third-order valence-corrected chi connectivity index (χ3v) is 4.90. The molecule has 6 heteroatoms. The number of nitrogens with one attached hydrogen (secondary N) is 1. The van der Waals surface area contributed by atoms with Gasteiger partial charge >= 0.3 is 0 Å². The zero-order valence-corrected chi connectivity index (χ0v) is 17.9. The Morgan fingerprint density at radius 3 is 2.69 bits per heavy atom. The minimum atomic E-state index is -0.244. The molecule has 1 amide bonds. The quantitative estimate of drug-likeness (QED) is 0.752. The molecule has 0 spiro atoms. The van der Waals surface area contributed by atoms with E-state index in [0.29, 0.717) is 5.56 Å². The van der Waals surface area contributed by atoms with Crippen molar-refractivity contribution in [2.75, 3.05) is 18.0 Å². The topological polar surface area (TPSA) is 57.1 Å². The van der Waals surface area contributed by atoms with Gasteiger partial charge in [-0.2, -0.15) is 0 Å². The van der Waals surface area contributed by atoms with E-state index in [0.717, 1.165) is 41.9 Å². The predicted molar refractivity (Wildman–Crippen MR) is 114 cm³/mol. The number of amides is 1. The normalized spacial score (nSPS) is 15.5. The molecule has 5 nitrogen and oxygen atoms in total. The summed E-state index contributed by atoms with van der Waals surface area (Å²) in [5, 5.41) is 3.09. The minimum Gasteiger partial charge on any atom is -0.347 e. The average molecular weight is 421 g/mol. The maximum absolute atomic E-state index is 12.7. The molecule has 0 radical (unpaired) electrons. The molecule has 1 aliphatic rings. The Balaban J connectivity index is 2.41. The first-order valence-corrected chi connectivity index (χ1v) is 9.99. The fourth-order valence-electron chi connectivity index (χ4n) is 2.60. The lowest BCUT2D eigenvalue weighted by atomic mass is 10.0. The molecular formula is C20H29BrN4O. The molecule has 0 atom stereocenters. The van der Waals surface area contributed by atoms with Crippen LogP contribution in [-0.4, -0.2) is 36.7 Å². The van der Waals surface area contributed by atoms with Gasteiger partial charge in [0.2, 0.25) is 0 Å². The third kappa shape index (κ3) is 5.40. The van der Waals surface area contributed by atoms with Crippen molar-refractivity contribution >= 4 is 39.7 Å². The molecule has 0 saturated heterocycles. The van der Waals surface area contributed by atoms with Gasteiger partial charge < -0.3 is 5.32 Å². The Hall–Kier alpha value is -1.69. The standard InChI is InChI=1S/C20H29BrN4O/c1-6-20(4,5)24-19(26)15-10-16(21)12-17(11-15)25-13-22-8-7-9-23-18(25)14(2)3/h10-14H,6-9H2,1-5H3,(H,24,26). The van der Waals surface area contributed by atoms with Crippen molar-refractivity contribution in [3.63, 3.8) is 0 Å². The van der Waals surface area contributed by atoms with Crippen LogP contribution in [0.15, 0.2) is 32.7 Å². The highest BCUT2D eigenvalue weighted by Gasteiger charge is 2.22. The van der Waals surface area contributed by atoms with Crippen LogP contribution in [0, 0.1) is 5.92 Å². The van der Waals surface area contributed by atoms with Gasteiger partial charge in [0.1, 0.15) is 5.84 Å². The fourth-order valence-corrected chi connectivity index (χ4v) is 3.08. The van der Waals surface area contributed by atoms with Crippen molar-refractivity contribution in [1.82, 2.24) is 5.32 Å². The zero-order chi connectivity index (χ0) is 19.3. The van der Waals surface area contributed by atoms with Crippen molar-refractivity contribution < 1.29 is 4.79 Å². The van der Waals surface area contributed by atoms with E-state index in [4.69, 9.17) is 4.99 Å². The molecular weight excluding hydrogens is 392 g/mol. The molecule has 1 aromatic carbocycles. The third-order valence-electron chi connectivity index (χ3n) is 4.44. The SMILES string of the molecule is CCC(C)(C)NC(=O)c1cc(Br)cc(N2C=NCCCN=C2C(C)C)c1. The van der Waals surface area contributed by atoms with E-state index in [1.165, 1.54) is 0 Å². The smallest absolute Gasteiger partial charge is 0.251 e. The Labute approximate surface area is 165 Å². The highest BCUT2D eigenvalue weighted by Crippen LogP contribution is 2.25. The lowest BCUT2D eigenvalue weighted by molar-refractivity contribution is 0.0911. The second-order valence-corrected chi connectivity index (χ2v) is 8.45. The number of amidine groups is 1. The van der Waals surface area contributed by atoms with Crippen molar-refractivity contribution in [3.8, 4) is 0 Å². The van der Waals surface area contributed by atoms with E-state index in [-0.39, 0.29) is 17.4 Å². The van der Waals surface area contributed by atoms with Crippen LogP contribution < -0.4 is 10.2 Å². The molecule has 0 fully saturated rings. The maximum atomic E-state index is 12.7. The first kappa shape index (κ1) is 20.6. The van der Waals surface area contributed by atoms with Crippen LogP contribution in [0.4, 0.5) is 5.69 Å². The summed E-state index contributed by atoms with van der Waals surface area (Å²) in [4.78, 5) is 24.0. The zero-order valence-electron chi connectivity index (χ0n) is 16.3. The number of carbonyl (C=O) groups excluding carboxylic acids is 1. The fraction of sp³-hybridized carbons (Fsp3) is 0.550. The maximum Gasteiger partial charge on any atom is 0.251 e. The van der Waals surface area contributed by atoms with Gasteiger partial charge in [-0.15, -0.1) is 0 Å². The van der Waals surface area contributed by atoms with E-state index in [1.807, 2.05) is 43.3 Å². The molecule has 26 heavy (non-hydrogen) atoms. The van der Waals surface area contributed by atoms with Gasteiger partial charge in [0, 0.05) is 34.6 Å². The van der Waals surface area contributed by atoms with Gasteiger partial charge in [0.15, 0.2) is 0 Å². The van der Waals surface area contributed by atoms with Gasteiger partial charge in [0.25, 0.3) is 5.91 Å². The number of hydrogen-bond donors (Lipinski definition) is 1. The van der Waals surface area contributed by atoms with Crippen LogP contribution in [0.25, 0.3) is 0 Å². The van der Waals surface area contributed by atoms with Crippen molar-refractivity contribution in [1.29, 1.82) is 0 Å². The number of hydrogen-bond acceptors (Lipinski definition) is 4. The number of benzene rings is 1. The lowest BCUT2D eigenvalue weighted by Crippen LogP contribution is -2.42. The summed E-state index contributed by atoms with van der Waals surface area (Å²) >= 11 is 3.55. The molecule has 0 aromatic heterocycles. The van der Waals surface area contributed by atoms with E-state index >= 15 is 0 Å². The van der Waals surface area contributed by atoms with Crippen LogP contribution in [0.5, 0.6) is 0 Å². The van der Waals surface area contributed by atoms with Crippen LogP contribution in [0.1, 0.15) is 57.8 Å². The van der Waals surface area contributed by atoms with Crippen LogP contribution in [0.2, 0.25) is 0 Å². The van der Waals surface area contributed by atoms with Gasteiger partial charge in [-0.25, -0.2) is 0 Å². The summed E-state index contributed by atoms with van der Waals surface area (Å²) in [6, 6.07) is 5.74. The van der Waals surface area contributed by atoms with E-state index in [1.54, 1.807) is 0 Å².